The van der Waals surface area contributed by atoms with Crippen LogP contribution < -0.4 is 9.47 Å². The number of methoxy groups -OCH3 is 1. The van der Waals surface area contributed by atoms with Crippen LogP contribution >= 0.6 is 22.9 Å². The average molecular weight is 493 g/mol. The first-order chi connectivity index (χ1) is 16.3. The molecule has 1 atom stereocenters. The molecule has 0 N–H and O–H groups in total. The number of aliphatic imine (C=N–C) groups is 1. The lowest BCUT2D eigenvalue weighted by molar-refractivity contribution is 0.218. The Bertz CT molecular complexity index is 1230. The summed E-state index contributed by atoms with van der Waals surface area (Å²) < 4.78 is 11.7. The number of hydrogen-bond acceptors (Lipinski definition) is 5. The number of fused-ring (bicyclic) bond motifs is 1. The van der Waals surface area contributed by atoms with E-state index in [9.17, 15) is 5.26 Å². The highest BCUT2D eigenvalue weighted by Crippen LogP contribution is 2.45. The van der Waals surface area contributed by atoms with Gasteiger partial charge in [0.1, 0.15) is 17.7 Å². The van der Waals surface area contributed by atoms with Gasteiger partial charge in [0.25, 0.3) is 0 Å². The van der Waals surface area contributed by atoms with Crippen molar-refractivity contribution >= 4 is 34.2 Å². The fourth-order valence-corrected chi connectivity index (χ4v) is 5.68. The van der Waals surface area contributed by atoms with Gasteiger partial charge >= 0.3 is 0 Å². The molecule has 0 bridgehead atoms. The lowest BCUT2D eigenvalue weighted by atomic mass is 9.72. The van der Waals surface area contributed by atoms with Crippen molar-refractivity contribution in [2.24, 2.45) is 16.3 Å². The molecule has 34 heavy (non-hydrogen) atoms. The van der Waals surface area contributed by atoms with Crippen LogP contribution in [0, 0.1) is 22.7 Å². The van der Waals surface area contributed by atoms with Crippen molar-refractivity contribution in [2.45, 2.75) is 46.6 Å². The molecule has 1 aliphatic rings. The second kappa shape index (κ2) is 10.2. The minimum Gasteiger partial charge on any atom is -0.493 e. The van der Waals surface area contributed by atoms with Gasteiger partial charge < -0.3 is 9.47 Å². The zero-order valence-corrected chi connectivity index (χ0v) is 21.6. The Kier molecular flexibility index (Phi) is 7.30. The standard InChI is InChI=1S/C28H29ClN2O2S/c1-28(2,3)20-10-13-22-23(15-30)27(34-25(22)14-20)31-16-19-6-5-7-24(32-4)26(19)33-17-18-8-11-21(29)12-9-18/h5-9,11-12,16,20H,10,13-14,17H2,1-4H3/t20-/m0/s1. The maximum atomic E-state index is 9.88. The first-order valence-electron chi connectivity index (χ1n) is 11.4. The highest BCUT2D eigenvalue weighted by Gasteiger charge is 2.32. The third-order valence-corrected chi connectivity index (χ3v) is 7.84. The number of rotatable bonds is 6. The molecule has 2 aromatic carbocycles. The first kappa shape index (κ1) is 24.3. The van der Waals surface area contributed by atoms with Gasteiger partial charge in [0.05, 0.1) is 12.7 Å². The van der Waals surface area contributed by atoms with E-state index >= 15 is 0 Å². The Hall–Kier alpha value is -2.81. The highest BCUT2D eigenvalue weighted by molar-refractivity contribution is 7.16. The van der Waals surface area contributed by atoms with Crippen molar-refractivity contribution in [1.29, 1.82) is 5.26 Å². The Morgan fingerprint density at radius 1 is 1.21 bits per heavy atom. The molecule has 0 saturated carbocycles. The third-order valence-electron chi connectivity index (χ3n) is 6.43. The minimum absolute atomic E-state index is 0.259. The molecular formula is C28H29ClN2O2S. The average Bonchev–Trinajstić information content (AvgIpc) is 3.18. The van der Waals surface area contributed by atoms with E-state index in [0.717, 1.165) is 41.0 Å². The molecular weight excluding hydrogens is 464 g/mol. The molecule has 0 saturated heterocycles. The maximum absolute atomic E-state index is 9.88. The number of nitrogens with zero attached hydrogens (tertiary/aromatic N) is 2. The predicted molar refractivity (Wildman–Crippen MR) is 140 cm³/mol. The van der Waals surface area contributed by atoms with Crippen LogP contribution in [-0.2, 0) is 19.4 Å². The van der Waals surface area contributed by atoms with Gasteiger partial charge in [-0.2, -0.15) is 5.26 Å². The van der Waals surface area contributed by atoms with E-state index in [4.69, 9.17) is 26.1 Å². The van der Waals surface area contributed by atoms with Gasteiger partial charge in [-0.1, -0.05) is 50.6 Å². The van der Waals surface area contributed by atoms with Crippen molar-refractivity contribution in [3.05, 3.63) is 74.6 Å². The van der Waals surface area contributed by atoms with E-state index in [1.54, 1.807) is 24.7 Å². The fraction of sp³-hybridized carbons (Fsp3) is 0.357. The summed E-state index contributed by atoms with van der Waals surface area (Å²) in [5, 5.41) is 11.3. The Labute approximate surface area is 210 Å². The van der Waals surface area contributed by atoms with E-state index in [0.29, 0.717) is 29.0 Å². The maximum Gasteiger partial charge on any atom is 0.170 e. The Morgan fingerprint density at radius 3 is 2.65 bits per heavy atom. The molecule has 0 amide bonds. The molecule has 0 unspecified atom stereocenters. The molecule has 0 aliphatic heterocycles. The Balaban J connectivity index is 1.61. The zero-order chi connectivity index (χ0) is 24.3. The molecule has 6 heteroatoms. The summed E-state index contributed by atoms with van der Waals surface area (Å²) in [6, 6.07) is 15.7. The SMILES string of the molecule is COc1cccc(C=Nc2sc3c(c2C#N)CC[C@H](C(C)(C)C)C3)c1OCc1ccc(Cl)cc1. The van der Waals surface area contributed by atoms with Crippen molar-refractivity contribution in [1.82, 2.24) is 0 Å². The number of thiophene rings is 1. The van der Waals surface area contributed by atoms with Crippen LogP contribution in [0.25, 0.3) is 0 Å². The quantitative estimate of drug-likeness (QED) is 0.330. The van der Waals surface area contributed by atoms with Gasteiger partial charge in [0.2, 0.25) is 0 Å². The van der Waals surface area contributed by atoms with Gasteiger partial charge in [0, 0.05) is 21.7 Å². The highest BCUT2D eigenvalue weighted by atomic mass is 35.5. The van der Waals surface area contributed by atoms with Gasteiger partial charge in [0.15, 0.2) is 11.5 Å². The van der Waals surface area contributed by atoms with Crippen LogP contribution in [0.1, 0.15) is 54.3 Å². The van der Waals surface area contributed by atoms with Crippen LogP contribution in [0.4, 0.5) is 5.00 Å². The summed E-state index contributed by atoms with van der Waals surface area (Å²) in [7, 11) is 1.62. The second-order valence-corrected chi connectivity index (χ2v) is 11.2. The topological polar surface area (TPSA) is 54.6 Å². The van der Waals surface area contributed by atoms with Crippen LogP contribution in [0.5, 0.6) is 11.5 Å². The van der Waals surface area contributed by atoms with Gasteiger partial charge in [-0.3, -0.25) is 0 Å². The Morgan fingerprint density at radius 2 is 1.97 bits per heavy atom. The number of para-hydroxylation sites is 1. The molecule has 3 aromatic rings. The zero-order valence-electron chi connectivity index (χ0n) is 20.0. The van der Waals surface area contributed by atoms with Gasteiger partial charge in [-0.25, -0.2) is 4.99 Å². The summed E-state index contributed by atoms with van der Waals surface area (Å²) in [5.74, 6) is 1.88. The summed E-state index contributed by atoms with van der Waals surface area (Å²) in [6.45, 7) is 7.28. The van der Waals surface area contributed by atoms with Gasteiger partial charge in [-0.05, 0) is 66.0 Å². The lowest BCUT2D eigenvalue weighted by Crippen LogP contribution is -2.26. The van der Waals surface area contributed by atoms with E-state index in [-0.39, 0.29) is 5.41 Å². The molecule has 0 spiro atoms. The van der Waals surface area contributed by atoms with E-state index in [2.05, 4.69) is 26.8 Å². The number of hydrogen-bond donors (Lipinski definition) is 0. The molecule has 4 rings (SSSR count). The largest absolute Gasteiger partial charge is 0.493 e. The normalized spacial score (nSPS) is 15.7. The molecule has 1 aromatic heterocycles. The van der Waals surface area contributed by atoms with Crippen molar-refractivity contribution < 1.29 is 9.47 Å². The number of nitriles is 1. The number of ether oxygens (including phenoxy) is 2. The minimum atomic E-state index is 0.259. The molecule has 4 nitrogen and oxygen atoms in total. The summed E-state index contributed by atoms with van der Waals surface area (Å²) in [5.41, 5.74) is 3.97. The first-order valence-corrected chi connectivity index (χ1v) is 12.6. The van der Waals surface area contributed by atoms with Gasteiger partial charge in [-0.15, -0.1) is 11.3 Å². The van der Waals surface area contributed by atoms with E-state index in [1.807, 2.05) is 42.5 Å². The van der Waals surface area contributed by atoms with E-state index < -0.39 is 0 Å². The molecule has 1 heterocycles. The van der Waals surface area contributed by atoms with Crippen LogP contribution in [-0.4, -0.2) is 13.3 Å². The molecule has 1 aliphatic carbocycles. The summed E-state index contributed by atoms with van der Waals surface area (Å²) >= 11 is 7.64. The van der Waals surface area contributed by atoms with Crippen LogP contribution in [0.3, 0.4) is 0 Å². The van der Waals surface area contributed by atoms with Crippen molar-refractivity contribution in [3.63, 3.8) is 0 Å². The van der Waals surface area contributed by atoms with Crippen molar-refractivity contribution in [3.8, 4) is 17.6 Å². The van der Waals surface area contributed by atoms with Crippen LogP contribution in [0.15, 0.2) is 47.5 Å². The van der Waals surface area contributed by atoms with E-state index in [1.165, 1.54) is 10.4 Å². The second-order valence-electron chi connectivity index (χ2n) is 9.65. The fourth-order valence-electron chi connectivity index (χ4n) is 4.33. The van der Waals surface area contributed by atoms with Crippen molar-refractivity contribution in [2.75, 3.05) is 7.11 Å². The smallest absolute Gasteiger partial charge is 0.170 e. The lowest BCUT2D eigenvalue weighted by Gasteiger charge is -2.33. The number of halogens is 1. The van der Waals surface area contributed by atoms with Crippen LogP contribution in [0.2, 0.25) is 5.02 Å². The number of benzene rings is 2. The molecule has 0 fully saturated rings. The summed E-state index contributed by atoms with van der Waals surface area (Å²) in [4.78, 5) is 6.07. The molecule has 0 radical (unpaired) electrons. The third kappa shape index (κ3) is 5.29. The summed E-state index contributed by atoms with van der Waals surface area (Å²) in [6.07, 6.45) is 4.85. The monoisotopic (exact) mass is 492 g/mol. The predicted octanol–water partition coefficient (Wildman–Crippen LogP) is 7.76. The molecule has 176 valence electrons.